The van der Waals surface area contributed by atoms with Gasteiger partial charge >= 0.3 is 0 Å². The molecule has 10 heteroatoms. The second kappa shape index (κ2) is 9.39. The number of benzene rings is 1. The fourth-order valence-electron chi connectivity index (χ4n) is 3.26. The van der Waals surface area contributed by atoms with E-state index in [1.54, 1.807) is 40.6 Å². The molecule has 0 unspecified atom stereocenters. The Labute approximate surface area is 188 Å². The van der Waals surface area contributed by atoms with E-state index in [4.69, 9.17) is 0 Å². The van der Waals surface area contributed by atoms with Gasteiger partial charge in [0.25, 0.3) is 0 Å². The number of amides is 1. The third-order valence-corrected chi connectivity index (χ3v) is 8.73. The lowest BCUT2D eigenvalue weighted by Gasteiger charge is -2.31. The number of halogens is 1. The van der Waals surface area contributed by atoms with Gasteiger partial charge in [-0.05, 0) is 54.6 Å². The minimum absolute atomic E-state index is 0.129. The molecule has 3 heterocycles. The molecular formula is C21H20FN3O3S3. The van der Waals surface area contributed by atoms with Gasteiger partial charge in [0.15, 0.2) is 0 Å². The smallest absolute Gasteiger partial charge is 0.250 e. The van der Waals surface area contributed by atoms with Crippen molar-refractivity contribution < 1.29 is 17.6 Å². The Morgan fingerprint density at radius 1 is 1.16 bits per heavy atom. The van der Waals surface area contributed by atoms with Gasteiger partial charge < -0.3 is 4.90 Å². The van der Waals surface area contributed by atoms with Crippen LogP contribution in [0.5, 0.6) is 0 Å². The van der Waals surface area contributed by atoms with Gasteiger partial charge in [-0.2, -0.15) is 0 Å². The van der Waals surface area contributed by atoms with Crippen molar-refractivity contribution in [3.05, 3.63) is 64.7 Å². The number of likely N-dealkylation sites (tertiary alicyclic amines) is 1. The lowest BCUT2D eigenvalue weighted by atomic mass is 10.1. The maximum atomic E-state index is 13.1. The first-order valence-electron chi connectivity index (χ1n) is 9.65. The van der Waals surface area contributed by atoms with E-state index in [0.29, 0.717) is 35.8 Å². The van der Waals surface area contributed by atoms with E-state index in [-0.39, 0.29) is 17.8 Å². The monoisotopic (exact) mass is 477 g/mol. The Balaban J connectivity index is 1.30. The van der Waals surface area contributed by atoms with Crippen LogP contribution in [-0.4, -0.2) is 43.3 Å². The standard InChI is InChI=1S/C21H20FN3O3S3/c22-16-5-3-15(4-6-16)21-23-18(14-30-21)7-8-19(26)25-11-9-17(10-12-25)24-31(27,28)20-2-1-13-29-20/h1-8,13-14,17,24H,9-12H2. The lowest BCUT2D eigenvalue weighted by molar-refractivity contribution is -0.126. The summed E-state index contributed by atoms with van der Waals surface area (Å²) in [5, 5.41) is 4.33. The molecule has 1 aliphatic heterocycles. The predicted molar refractivity (Wildman–Crippen MR) is 121 cm³/mol. The normalized spacial score (nSPS) is 15.6. The lowest BCUT2D eigenvalue weighted by Crippen LogP contribution is -2.46. The molecule has 0 spiro atoms. The number of hydrogen-bond acceptors (Lipinski definition) is 6. The molecule has 1 aromatic carbocycles. The van der Waals surface area contributed by atoms with Gasteiger partial charge in [0, 0.05) is 36.2 Å². The van der Waals surface area contributed by atoms with Crippen LogP contribution in [0.1, 0.15) is 18.5 Å². The Kier molecular flexibility index (Phi) is 6.61. The minimum Gasteiger partial charge on any atom is -0.339 e. The average Bonchev–Trinajstić information content (AvgIpc) is 3.46. The van der Waals surface area contributed by atoms with Crippen LogP contribution in [0, 0.1) is 5.82 Å². The molecule has 1 amide bonds. The fraction of sp³-hybridized carbons (Fsp3) is 0.238. The second-order valence-electron chi connectivity index (χ2n) is 7.07. The second-order valence-corrected chi connectivity index (χ2v) is 10.8. The Morgan fingerprint density at radius 3 is 2.58 bits per heavy atom. The van der Waals surface area contributed by atoms with Crippen molar-refractivity contribution in [1.29, 1.82) is 0 Å². The summed E-state index contributed by atoms with van der Waals surface area (Å²) in [6.45, 7) is 0.970. The molecule has 1 N–H and O–H groups in total. The van der Waals surface area contributed by atoms with Gasteiger partial charge in [-0.15, -0.1) is 22.7 Å². The summed E-state index contributed by atoms with van der Waals surface area (Å²) < 4.78 is 40.8. The highest BCUT2D eigenvalue weighted by molar-refractivity contribution is 7.91. The van der Waals surface area contributed by atoms with E-state index in [1.807, 2.05) is 5.38 Å². The highest BCUT2D eigenvalue weighted by Crippen LogP contribution is 2.24. The highest BCUT2D eigenvalue weighted by Gasteiger charge is 2.26. The fourth-order valence-corrected chi connectivity index (χ4v) is 6.37. The summed E-state index contributed by atoms with van der Waals surface area (Å²) in [4.78, 5) is 18.7. The number of nitrogens with one attached hydrogen (secondary N) is 1. The number of carbonyl (C=O) groups is 1. The Hall–Kier alpha value is -2.40. The van der Waals surface area contributed by atoms with Crippen molar-refractivity contribution in [1.82, 2.24) is 14.6 Å². The molecule has 2 aromatic heterocycles. The van der Waals surface area contributed by atoms with Crippen molar-refractivity contribution >= 4 is 44.7 Å². The number of thiazole rings is 1. The van der Waals surface area contributed by atoms with Gasteiger partial charge in [-0.1, -0.05) is 6.07 Å². The van der Waals surface area contributed by atoms with Gasteiger partial charge in [-0.3, -0.25) is 4.79 Å². The SMILES string of the molecule is O=C(C=Cc1csc(-c2ccc(F)cc2)n1)N1CCC(NS(=O)(=O)c2cccs2)CC1. The number of thiophene rings is 1. The van der Waals surface area contributed by atoms with Crippen LogP contribution in [0.3, 0.4) is 0 Å². The summed E-state index contributed by atoms with van der Waals surface area (Å²) in [5.41, 5.74) is 1.49. The van der Waals surface area contributed by atoms with Crippen LogP contribution in [0.15, 0.2) is 57.4 Å². The molecule has 1 aliphatic rings. The first-order chi connectivity index (χ1) is 14.9. The molecule has 0 aliphatic carbocycles. The Bertz CT molecular complexity index is 1160. The minimum atomic E-state index is -3.50. The van der Waals surface area contributed by atoms with Gasteiger partial charge in [-0.25, -0.2) is 22.5 Å². The summed E-state index contributed by atoms with van der Waals surface area (Å²) in [6, 6.07) is 9.22. The number of hydrogen-bond donors (Lipinski definition) is 1. The van der Waals surface area contributed by atoms with Crippen molar-refractivity contribution in [3.63, 3.8) is 0 Å². The molecule has 0 bridgehead atoms. The summed E-state index contributed by atoms with van der Waals surface area (Å²) >= 11 is 2.61. The predicted octanol–water partition coefficient (Wildman–Crippen LogP) is 3.99. The summed E-state index contributed by atoms with van der Waals surface area (Å²) in [5.74, 6) is -0.426. The number of aromatic nitrogens is 1. The zero-order chi connectivity index (χ0) is 21.8. The van der Waals surface area contributed by atoms with E-state index >= 15 is 0 Å². The summed E-state index contributed by atoms with van der Waals surface area (Å²) in [6.07, 6.45) is 4.28. The largest absolute Gasteiger partial charge is 0.339 e. The van der Waals surface area contributed by atoms with Crippen LogP contribution < -0.4 is 4.72 Å². The van der Waals surface area contributed by atoms with E-state index in [0.717, 1.165) is 10.6 Å². The molecule has 31 heavy (non-hydrogen) atoms. The first kappa shape index (κ1) is 21.8. The third-order valence-electron chi connectivity index (χ3n) is 4.90. The van der Waals surface area contributed by atoms with Crippen LogP contribution in [0.25, 0.3) is 16.6 Å². The summed E-state index contributed by atoms with van der Waals surface area (Å²) in [7, 11) is -3.50. The zero-order valence-corrected chi connectivity index (χ0v) is 18.9. The number of rotatable bonds is 6. The molecule has 4 rings (SSSR count). The van der Waals surface area contributed by atoms with Crippen molar-refractivity contribution in [3.8, 4) is 10.6 Å². The van der Waals surface area contributed by atoms with Crippen LogP contribution in [0.2, 0.25) is 0 Å². The zero-order valence-electron chi connectivity index (χ0n) is 16.4. The molecule has 162 valence electrons. The molecule has 1 saturated heterocycles. The van der Waals surface area contributed by atoms with E-state index in [9.17, 15) is 17.6 Å². The molecular weight excluding hydrogens is 457 g/mol. The molecule has 0 saturated carbocycles. The van der Waals surface area contributed by atoms with E-state index in [1.165, 1.54) is 40.9 Å². The molecule has 3 aromatic rings. The number of piperidine rings is 1. The highest BCUT2D eigenvalue weighted by atomic mass is 32.2. The molecule has 1 fully saturated rings. The average molecular weight is 478 g/mol. The molecule has 0 atom stereocenters. The van der Waals surface area contributed by atoms with Gasteiger partial charge in [0.05, 0.1) is 5.69 Å². The van der Waals surface area contributed by atoms with Gasteiger partial charge in [0.2, 0.25) is 15.9 Å². The Morgan fingerprint density at radius 2 is 1.90 bits per heavy atom. The number of carbonyl (C=O) groups excluding carboxylic acids is 1. The van der Waals surface area contributed by atoms with Crippen LogP contribution >= 0.6 is 22.7 Å². The maximum Gasteiger partial charge on any atom is 0.250 e. The first-order valence-corrected chi connectivity index (χ1v) is 12.9. The maximum absolute atomic E-state index is 13.1. The number of sulfonamides is 1. The van der Waals surface area contributed by atoms with E-state index in [2.05, 4.69) is 9.71 Å². The van der Waals surface area contributed by atoms with Crippen molar-refractivity contribution in [2.24, 2.45) is 0 Å². The molecule has 0 radical (unpaired) electrons. The van der Waals surface area contributed by atoms with Crippen LogP contribution in [-0.2, 0) is 14.8 Å². The number of nitrogens with zero attached hydrogens (tertiary/aromatic N) is 2. The third kappa shape index (κ3) is 5.45. The van der Waals surface area contributed by atoms with Crippen LogP contribution in [0.4, 0.5) is 4.39 Å². The topological polar surface area (TPSA) is 79.4 Å². The van der Waals surface area contributed by atoms with Crippen molar-refractivity contribution in [2.45, 2.75) is 23.1 Å². The quantitative estimate of drug-likeness (QED) is 0.545. The molecule has 6 nitrogen and oxygen atoms in total. The van der Waals surface area contributed by atoms with E-state index < -0.39 is 10.0 Å². The van der Waals surface area contributed by atoms with Crippen molar-refractivity contribution in [2.75, 3.05) is 13.1 Å². The van der Waals surface area contributed by atoms with Gasteiger partial charge in [0.1, 0.15) is 15.0 Å².